The van der Waals surface area contributed by atoms with Gasteiger partial charge < -0.3 is 9.64 Å². The second-order valence-electron chi connectivity index (χ2n) is 10.9. The Bertz CT molecular complexity index is 1850. The number of nitrogens with zero attached hydrogens (tertiary/aromatic N) is 6. The Morgan fingerprint density at radius 1 is 0.911 bits per heavy atom. The van der Waals surface area contributed by atoms with Crippen molar-refractivity contribution in [3.8, 4) is 5.75 Å². The molecule has 0 aliphatic carbocycles. The molecule has 1 aromatic heterocycles. The zero-order valence-electron chi connectivity index (χ0n) is 25.1. The van der Waals surface area contributed by atoms with Crippen molar-refractivity contribution in [3.63, 3.8) is 0 Å². The fourth-order valence-corrected chi connectivity index (χ4v) is 6.40. The molecule has 3 heterocycles. The van der Waals surface area contributed by atoms with E-state index in [0.717, 1.165) is 37.6 Å². The molecule has 232 valence electrons. The van der Waals surface area contributed by atoms with Gasteiger partial charge in [-0.2, -0.15) is 0 Å². The van der Waals surface area contributed by atoms with Crippen molar-refractivity contribution in [3.05, 3.63) is 95.6 Å². The van der Waals surface area contributed by atoms with Crippen LogP contribution in [-0.4, -0.2) is 74.9 Å². The number of nitrogens with one attached hydrogen (secondary N) is 1. The lowest BCUT2D eigenvalue weighted by Crippen LogP contribution is -2.51. The summed E-state index contributed by atoms with van der Waals surface area (Å²) < 4.78 is 47.9. The average molecular weight is 630 g/mol. The van der Waals surface area contributed by atoms with Crippen molar-refractivity contribution in [2.75, 3.05) is 54.5 Å². The van der Waals surface area contributed by atoms with Crippen molar-refractivity contribution in [2.45, 2.75) is 18.7 Å². The van der Waals surface area contributed by atoms with E-state index in [1.807, 2.05) is 24.3 Å². The molecule has 1 N–H and O–H groups in total. The van der Waals surface area contributed by atoms with Crippen LogP contribution in [-0.2, 0) is 14.8 Å². The average Bonchev–Trinajstić information content (AvgIpc) is 3.26. The van der Waals surface area contributed by atoms with Gasteiger partial charge in [-0.05, 0) is 86.6 Å². The van der Waals surface area contributed by atoms with E-state index in [-0.39, 0.29) is 22.5 Å². The topological polar surface area (TPSA) is 120 Å². The van der Waals surface area contributed by atoms with E-state index in [9.17, 15) is 17.6 Å². The number of aliphatic imine (C=N–C) groups is 1. The number of aromatic nitrogens is 2. The van der Waals surface area contributed by atoms with Crippen molar-refractivity contribution < 1.29 is 22.3 Å². The van der Waals surface area contributed by atoms with Crippen molar-refractivity contribution in [1.29, 1.82) is 0 Å². The molecule has 2 aliphatic rings. The van der Waals surface area contributed by atoms with Crippen LogP contribution >= 0.6 is 0 Å². The van der Waals surface area contributed by atoms with Crippen LogP contribution in [0.4, 0.5) is 27.4 Å². The molecule has 13 heteroatoms. The molecule has 0 unspecified atom stereocenters. The molecular weight excluding hydrogens is 597 g/mol. The first kappa shape index (κ1) is 30.2. The first-order valence-corrected chi connectivity index (χ1v) is 15.8. The number of ether oxygens (including phenoxy) is 1. The molecule has 1 saturated heterocycles. The van der Waals surface area contributed by atoms with Gasteiger partial charge in [-0.15, -0.1) is 0 Å². The molecule has 0 bridgehead atoms. The summed E-state index contributed by atoms with van der Waals surface area (Å²) in [5, 5.41) is 0. The van der Waals surface area contributed by atoms with E-state index < -0.39 is 15.8 Å². The first-order valence-electron chi connectivity index (χ1n) is 14.4. The van der Waals surface area contributed by atoms with Gasteiger partial charge >= 0.3 is 0 Å². The number of methoxy groups -OCH3 is 1. The Hall–Kier alpha value is -4.88. The summed E-state index contributed by atoms with van der Waals surface area (Å²) in [4.78, 5) is 32.6. The second-order valence-corrected chi connectivity index (χ2v) is 12.6. The third kappa shape index (κ3) is 6.49. The van der Waals surface area contributed by atoms with E-state index in [4.69, 9.17) is 4.74 Å². The number of piperazine rings is 1. The normalized spacial score (nSPS) is 16.3. The summed E-state index contributed by atoms with van der Waals surface area (Å²) in [5.41, 5.74) is 3.79. The van der Waals surface area contributed by atoms with Gasteiger partial charge in [-0.25, -0.2) is 32.5 Å². The summed E-state index contributed by atoms with van der Waals surface area (Å²) in [6.07, 6.45) is 0. The number of carbonyl (C=O) groups is 1. The van der Waals surface area contributed by atoms with Crippen LogP contribution in [0.3, 0.4) is 0 Å². The summed E-state index contributed by atoms with van der Waals surface area (Å²) in [7, 11) is -2.33. The smallest absolute Gasteiger partial charge is 0.278 e. The SMILES string of the molecule is COc1ccc(N2CCN(CN3C(=O)C(=Nc4ccc(S(=O)(=O)Nc5nc(C)cc(C)n5)cc4)c4cc(F)ccc43)CC2)cc1. The number of carbonyl (C=O) groups excluding carboxylic acids is 1. The number of fused-ring (bicyclic) bond motifs is 1. The van der Waals surface area contributed by atoms with Crippen LogP contribution in [0.1, 0.15) is 17.0 Å². The third-order valence-corrected chi connectivity index (χ3v) is 9.04. The van der Waals surface area contributed by atoms with Gasteiger partial charge in [-0.3, -0.25) is 14.6 Å². The van der Waals surface area contributed by atoms with Crippen LogP contribution in [0.5, 0.6) is 5.75 Å². The standard InChI is InChI=1S/C32H32FN7O4S/c1-21-18-22(2)35-32(34-21)37-45(42,43)27-11-5-24(6-12-27)36-30-28-19-23(33)4-13-29(28)40(31(30)41)20-38-14-16-39(17-15-38)25-7-9-26(44-3)10-8-25/h4-13,18-19H,14-17,20H2,1-3H3,(H,34,35,37). The van der Waals surface area contributed by atoms with Crippen molar-refractivity contribution >= 4 is 44.7 Å². The number of sulfonamides is 1. The zero-order valence-corrected chi connectivity index (χ0v) is 25.9. The molecule has 1 fully saturated rings. The second kappa shape index (κ2) is 12.3. The fourth-order valence-electron chi connectivity index (χ4n) is 5.45. The van der Waals surface area contributed by atoms with Gasteiger partial charge in [0.2, 0.25) is 5.95 Å². The molecule has 2 aliphatic heterocycles. The Morgan fingerprint density at radius 3 is 2.22 bits per heavy atom. The van der Waals surface area contributed by atoms with E-state index in [2.05, 4.69) is 29.5 Å². The quantitative estimate of drug-likeness (QED) is 0.307. The zero-order chi connectivity index (χ0) is 31.7. The molecule has 0 saturated carbocycles. The van der Waals surface area contributed by atoms with E-state index in [1.54, 1.807) is 38.0 Å². The van der Waals surface area contributed by atoms with Crippen LogP contribution < -0.4 is 19.3 Å². The van der Waals surface area contributed by atoms with Gasteiger partial charge in [0.05, 0.1) is 30.0 Å². The molecule has 6 rings (SSSR count). The highest BCUT2D eigenvalue weighted by Crippen LogP contribution is 2.32. The lowest BCUT2D eigenvalue weighted by Gasteiger charge is -2.37. The molecule has 3 aromatic carbocycles. The number of halogens is 1. The van der Waals surface area contributed by atoms with Gasteiger partial charge in [-0.1, -0.05) is 0 Å². The number of hydrogen-bond donors (Lipinski definition) is 1. The lowest BCUT2D eigenvalue weighted by molar-refractivity contribution is -0.112. The Balaban J connectivity index is 1.17. The van der Waals surface area contributed by atoms with Crippen molar-refractivity contribution in [1.82, 2.24) is 14.9 Å². The van der Waals surface area contributed by atoms with Crippen molar-refractivity contribution in [2.24, 2.45) is 4.99 Å². The van der Waals surface area contributed by atoms with Gasteiger partial charge in [0.25, 0.3) is 15.9 Å². The molecular formula is C32H32FN7O4S. The number of amides is 1. The third-order valence-electron chi connectivity index (χ3n) is 7.70. The number of aryl methyl sites for hydroxylation is 2. The number of hydrogen-bond acceptors (Lipinski definition) is 9. The number of rotatable bonds is 8. The Kier molecular flexibility index (Phi) is 8.21. The maximum absolute atomic E-state index is 14.4. The van der Waals surface area contributed by atoms with E-state index in [1.165, 1.54) is 36.4 Å². The minimum absolute atomic E-state index is 0.0192. The first-order chi connectivity index (χ1) is 21.6. The Labute approximate surface area is 261 Å². The highest BCUT2D eigenvalue weighted by atomic mass is 32.2. The molecule has 4 aromatic rings. The molecule has 0 spiro atoms. The van der Waals surface area contributed by atoms with E-state index >= 15 is 0 Å². The van der Waals surface area contributed by atoms with Crippen LogP contribution in [0.25, 0.3) is 0 Å². The molecule has 0 radical (unpaired) electrons. The minimum Gasteiger partial charge on any atom is -0.497 e. The van der Waals surface area contributed by atoms with Gasteiger partial charge in [0.15, 0.2) is 0 Å². The van der Waals surface area contributed by atoms with Crippen LogP contribution in [0.15, 0.2) is 82.7 Å². The van der Waals surface area contributed by atoms with Gasteiger partial charge in [0.1, 0.15) is 17.3 Å². The summed E-state index contributed by atoms with van der Waals surface area (Å²) >= 11 is 0. The molecule has 1 amide bonds. The minimum atomic E-state index is -3.97. The fraction of sp³-hybridized carbons (Fsp3) is 0.250. The predicted octanol–water partition coefficient (Wildman–Crippen LogP) is 4.29. The van der Waals surface area contributed by atoms with Gasteiger partial charge in [0, 0.05) is 48.8 Å². The maximum atomic E-state index is 14.4. The summed E-state index contributed by atoms with van der Waals surface area (Å²) in [5.74, 6) is -0.0446. The molecule has 11 nitrogen and oxygen atoms in total. The Morgan fingerprint density at radius 2 is 1.58 bits per heavy atom. The highest BCUT2D eigenvalue weighted by Gasteiger charge is 2.36. The summed E-state index contributed by atoms with van der Waals surface area (Å²) in [6, 6.07) is 19.7. The predicted molar refractivity (Wildman–Crippen MR) is 170 cm³/mol. The monoisotopic (exact) mass is 629 g/mol. The number of benzene rings is 3. The summed E-state index contributed by atoms with van der Waals surface area (Å²) in [6.45, 7) is 6.86. The maximum Gasteiger partial charge on any atom is 0.278 e. The lowest BCUT2D eigenvalue weighted by atomic mass is 10.1. The van der Waals surface area contributed by atoms with Crippen LogP contribution in [0, 0.1) is 19.7 Å². The highest BCUT2D eigenvalue weighted by molar-refractivity contribution is 7.92. The number of anilines is 3. The van der Waals surface area contributed by atoms with E-state index in [0.29, 0.717) is 35.0 Å². The molecule has 0 atom stereocenters. The van der Waals surface area contributed by atoms with Crippen LogP contribution in [0.2, 0.25) is 0 Å². The largest absolute Gasteiger partial charge is 0.497 e. The molecule has 45 heavy (non-hydrogen) atoms.